The summed E-state index contributed by atoms with van der Waals surface area (Å²) in [6, 6.07) is -4.93. The molecule has 0 aromatic rings. The van der Waals surface area contributed by atoms with Gasteiger partial charge in [-0.05, 0) is 20.8 Å². The number of amides is 4. The Hall–Kier alpha value is -2.77. The Morgan fingerprint density at radius 2 is 1.46 bits per heavy atom. The Morgan fingerprint density at radius 3 is 1.89 bits per heavy atom. The molecule has 4 amide bonds. The molecule has 0 saturated heterocycles. The third kappa shape index (κ3) is 8.75. The molecule has 0 heterocycles. The highest BCUT2D eigenvalue weighted by atomic mass is 16.4. The highest BCUT2D eigenvalue weighted by molar-refractivity contribution is 5.95. The molecule has 13 heteroatoms. The first kappa shape index (κ1) is 25.2. The van der Waals surface area contributed by atoms with E-state index in [0.717, 1.165) is 0 Å². The summed E-state index contributed by atoms with van der Waals surface area (Å²) in [6.07, 6.45) is -1.35. The lowest BCUT2D eigenvalue weighted by molar-refractivity contribution is -0.139. The number of aliphatic carboxylic acids is 1. The van der Waals surface area contributed by atoms with Crippen LogP contribution in [0.15, 0.2) is 0 Å². The maximum absolute atomic E-state index is 12.2. The minimum absolute atomic E-state index is 0.685. The van der Waals surface area contributed by atoms with Crippen molar-refractivity contribution in [3.8, 4) is 0 Å². The Morgan fingerprint density at radius 1 is 0.893 bits per heavy atom. The van der Waals surface area contributed by atoms with E-state index >= 15 is 0 Å². The molecule has 0 rings (SSSR count). The molecule has 0 saturated carbocycles. The number of aliphatic hydroxyl groups is 2. The monoisotopic (exact) mass is 405 g/mol. The van der Waals surface area contributed by atoms with Crippen LogP contribution in [0.4, 0.5) is 0 Å². The van der Waals surface area contributed by atoms with Crippen molar-refractivity contribution in [2.24, 2.45) is 5.73 Å². The fraction of sp³-hybridized carbons (Fsp3) is 0.667. The Balaban J connectivity index is 4.88. The second-order valence-electron chi connectivity index (χ2n) is 6.10. The zero-order chi connectivity index (χ0) is 22.0. The zero-order valence-corrected chi connectivity index (χ0v) is 15.8. The van der Waals surface area contributed by atoms with Crippen molar-refractivity contribution in [2.75, 3.05) is 13.2 Å². The van der Waals surface area contributed by atoms with Gasteiger partial charge in [0.15, 0.2) is 0 Å². The molecule has 0 aliphatic heterocycles. The minimum atomic E-state index is -1.46. The van der Waals surface area contributed by atoms with Crippen LogP contribution in [0, 0.1) is 0 Å². The highest BCUT2D eigenvalue weighted by Gasteiger charge is 2.29. The van der Waals surface area contributed by atoms with Crippen LogP contribution < -0.4 is 27.0 Å². The highest BCUT2D eigenvalue weighted by Crippen LogP contribution is 1.96. The number of hydrogen-bond donors (Lipinski definition) is 8. The first-order chi connectivity index (χ1) is 12.9. The predicted octanol–water partition coefficient (Wildman–Crippen LogP) is -4.62. The standard InChI is InChI=1S/C15H27N5O8/c1-6(16)12(25)19-9(5-21)14(27)18-7(2)13(26)20-11(8(3)22)15(28)17-4-10(23)24/h6-9,11,21-22H,4-5,16H2,1-3H3,(H,17,28)(H,18,27)(H,19,25)(H,20,26)(H,23,24)/t6-,7-,8+,9-,11-/m0/s1. The minimum Gasteiger partial charge on any atom is -0.480 e. The largest absolute Gasteiger partial charge is 0.480 e. The fourth-order valence-corrected chi connectivity index (χ4v) is 1.83. The van der Waals surface area contributed by atoms with Gasteiger partial charge in [-0.2, -0.15) is 0 Å². The van der Waals surface area contributed by atoms with Gasteiger partial charge in [0.05, 0.1) is 18.8 Å². The molecule has 28 heavy (non-hydrogen) atoms. The van der Waals surface area contributed by atoms with E-state index in [-0.39, 0.29) is 0 Å². The summed E-state index contributed by atoms with van der Waals surface area (Å²) in [5.74, 6) is -4.66. The summed E-state index contributed by atoms with van der Waals surface area (Å²) < 4.78 is 0. The van der Waals surface area contributed by atoms with Crippen LogP contribution in [0.5, 0.6) is 0 Å². The maximum Gasteiger partial charge on any atom is 0.322 e. The molecule has 13 nitrogen and oxygen atoms in total. The molecule has 0 aliphatic carbocycles. The SMILES string of the molecule is C[C@H](N)C(=O)N[C@@H](CO)C(=O)N[C@@H](C)C(=O)N[C@H](C(=O)NCC(=O)O)[C@@H](C)O. The van der Waals surface area contributed by atoms with Gasteiger partial charge in [0.25, 0.3) is 0 Å². The molecular weight excluding hydrogens is 378 g/mol. The molecule has 0 aromatic carbocycles. The second kappa shape index (κ2) is 11.8. The van der Waals surface area contributed by atoms with Crippen LogP contribution in [-0.4, -0.2) is 88.3 Å². The molecular formula is C15H27N5O8. The summed E-state index contributed by atoms with van der Waals surface area (Å²) in [5, 5.41) is 36.0. The number of aliphatic hydroxyl groups excluding tert-OH is 2. The zero-order valence-electron chi connectivity index (χ0n) is 15.8. The number of rotatable bonds is 11. The van der Waals surface area contributed by atoms with E-state index in [9.17, 15) is 34.2 Å². The van der Waals surface area contributed by atoms with Gasteiger partial charge in [0, 0.05) is 0 Å². The van der Waals surface area contributed by atoms with Gasteiger partial charge in [-0.25, -0.2) is 0 Å². The topological polar surface area (TPSA) is 220 Å². The Kier molecular flexibility index (Phi) is 10.7. The molecule has 9 N–H and O–H groups in total. The van der Waals surface area contributed by atoms with Gasteiger partial charge >= 0.3 is 5.97 Å². The Bertz CT molecular complexity index is 595. The van der Waals surface area contributed by atoms with Gasteiger partial charge in [0.2, 0.25) is 23.6 Å². The molecule has 0 aromatic heterocycles. The van der Waals surface area contributed by atoms with Crippen LogP contribution in [0.2, 0.25) is 0 Å². The molecule has 0 aliphatic rings. The van der Waals surface area contributed by atoms with Crippen LogP contribution in [-0.2, 0) is 24.0 Å². The van der Waals surface area contributed by atoms with Crippen LogP contribution >= 0.6 is 0 Å². The smallest absolute Gasteiger partial charge is 0.322 e. The molecule has 0 unspecified atom stereocenters. The average molecular weight is 405 g/mol. The van der Waals surface area contributed by atoms with Crippen molar-refractivity contribution in [2.45, 2.75) is 51.0 Å². The number of carboxylic acid groups (broad SMARTS) is 1. The van der Waals surface area contributed by atoms with Gasteiger partial charge in [-0.3, -0.25) is 24.0 Å². The van der Waals surface area contributed by atoms with E-state index in [1.165, 1.54) is 20.8 Å². The van der Waals surface area contributed by atoms with Gasteiger partial charge in [0.1, 0.15) is 24.7 Å². The summed E-state index contributed by atoms with van der Waals surface area (Å²) in [4.78, 5) is 58.1. The number of hydrogen-bond acceptors (Lipinski definition) is 8. The van der Waals surface area contributed by atoms with E-state index in [2.05, 4.69) is 16.0 Å². The average Bonchev–Trinajstić information content (AvgIpc) is 2.60. The predicted molar refractivity (Wildman–Crippen MR) is 94.5 cm³/mol. The summed E-state index contributed by atoms with van der Waals surface area (Å²) in [5.41, 5.74) is 5.36. The van der Waals surface area contributed by atoms with Gasteiger partial charge in [-0.1, -0.05) is 0 Å². The summed E-state index contributed by atoms with van der Waals surface area (Å²) in [7, 11) is 0. The van der Waals surface area contributed by atoms with Crippen molar-refractivity contribution in [1.82, 2.24) is 21.3 Å². The molecule has 0 fully saturated rings. The van der Waals surface area contributed by atoms with Crippen LogP contribution in [0.3, 0.4) is 0 Å². The lowest BCUT2D eigenvalue weighted by Gasteiger charge is -2.24. The molecule has 0 bridgehead atoms. The first-order valence-electron chi connectivity index (χ1n) is 8.35. The van der Waals surface area contributed by atoms with Gasteiger partial charge in [-0.15, -0.1) is 0 Å². The van der Waals surface area contributed by atoms with E-state index < -0.39 is 73.0 Å². The second-order valence-corrected chi connectivity index (χ2v) is 6.10. The molecule has 160 valence electrons. The lowest BCUT2D eigenvalue weighted by atomic mass is 10.1. The van der Waals surface area contributed by atoms with Gasteiger partial charge < -0.3 is 42.3 Å². The van der Waals surface area contributed by atoms with E-state index in [1.54, 1.807) is 0 Å². The van der Waals surface area contributed by atoms with E-state index in [4.69, 9.17) is 10.8 Å². The number of carboxylic acids is 1. The van der Waals surface area contributed by atoms with E-state index in [1.807, 2.05) is 5.32 Å². The molecule has 5 atom stereocenters. The van der Waals surface area contributed by atoms with Crippen LogP contribution in [0.25, 0.3) is 0 Å². The van der Waals surface area contributed by atoms with Crippen molar-refractivity contribution >= 4 is 29.6 Å². The fourth-order valence-electron chi connectivity index (χ4n) is 1.83. The summed E-state index contributed by atoms with van der Waals surface area (Å²) >= 11 is 0. The lowest BCUT2D eigenvalue weighted by Crippen LogP contribution is -2.59. The number of nitrogens with two attached hydrogens (primary N) is 1. The van der Waals surface area contributed by atoms with Crippen molar-refractivity contribution in [3.05, 3.63) is 0 Å². The van der Waals surface area contributed by atoms with E-state index in [0.29, 0.717) is 0 Å². The third-order valence-corrected chi connectivity index (χ3v) is 3.46. The molecule has 0 spiro atoms. The Labute approximate surface area is 161 Å². The number of carbonyl (C=O) groups excluding carboxylic acids is 4. The van der Waals surface area contributed by atoms with Crippen molar-refractivity contribution in [1.29, 1.82) is 0 Å². The normalized spacial score (nSPS) is 15.9. The molecule has 0 radical (unpaired) electrons. The van der Waals surface area contributed by atoms with Crippen molar-refractivity contribution < 1.29 is 39.3 Å². The third-order valence-electron chi connectivity index (χ3n) is 3.46. The summed E-state index contributed by atoms with van der Waals surface area (Å²) in [6.45, 7) is 2.40. The first-order valence-corrected chi connectivity index (χ1v) is 8.35. The number of carbonyl (C=O) groups is 5. The quantitative estimate of drug-likeness (QED) is 0.165. The van der Waals surface area contributed by atoms with Crippen LogP contribution in [0.1, 0.15) is 20.8 Å². The maximum atomic E-state index is 12.2. The number of nitrogens with one attached hydrogen (secondary N) is 4. The van der Waals surface area contributed by atoms with Crippen molar-refractivity contribution in [3.63, 3.8) is 0 Å².